The highest BCUT2D eigenvalue weighted by atomic mass is 35.5. The van der Waals surface area contributed by atoms with Gasteiger partial charge in [0.2, 0.25) is 0 Å². The molecule has 2 saturated heterocycles. The van der Waals surface area contributed by atoms with Crippen molar-refractivity contribution in [2.45, 2.75) is 69.5 Å². The van der Waals surface area contributed by atoms with E-state index in [1.807, 2.05) is 42.5 Å². The molecule has 4 rings (SSSR count). The summed E-state index contributed by atoms with van der Waals surface area (Å²) in [7, 11) is 0. The fourth-order valence-corrected chi connectivity index (χ4v) is 6.43. The number of hydrogen-bond acceptors (Lipinski definition) is 4. The van der Waals surface area contributed by atoms with Gasteiger partial charge in [0.1, 0.15) is 5.41 Å². The molecular weight excluding hydrogens is 477 g/mol. The quantitative estimate of drug-likeness (QED) is 0.478. The highest BCUT2D eigenvalue weighted by molar-refractivity contribution is 6.30. The molecule has 0 aliphatic carbocycles. The number of rotatable bonds is 6. The lowest BCUT2D eigenvalue weighted by Crippen LogP contribution is -2.44. The summed E-state index contributed by atoms with van der Waals surface area (Å²) < 4.78 is 0. The molecule has 0 bridgehead atoms. The van der Waals surface area contributed by atoms with Crippen molar-refractivity contribution in [3.63, 3.8) is 0 Å². The number of aliphatic hydroxyl groups is 1. The molecule has 5 atom stereocenters. The van der Waals surface area contributed by atoms with Gasteiger partial charge in [0.25, 0.3) is 0 Å². The van der Waals surface area contributed by atoms with Gasteiger partial charge >= 0.3 is 0 Å². The zero-order chi connectivity index (χ0) is 25.4. The minimum Gasteiger partial charge on any atom is -0.394 e. The molecule has 2 heterocycles. The molecule has 6 heteroatoms. The van der Waals surface area contributed by atoms with Crippen molar-refractivity contribution in [3.05, 3.63) is 82.0 Å². The van der Waals surface area contributed by atoms with Crippen molar-refractivity contribution in [3.8, 4) is 6.07 Å². The van der Waals surface area contributed by atoms with E-state index in [0.29, 0.717) is 10.0 Å². The van der Waals surface area contributed by atoms with Gasteiger partial charge in [-0.05, 0) is 60.1 Å². The van der Waals surface area contributed by atoms with Crippen LogP contribution in [0, 0.1) is 16.7 Å². The first-order chi connectivity index (χ1) is 16.6. The highest BCUT2D eigenvalue weighted by Crippen LogP contribution is 2.53. The third kappa shape index (κ3) is 4.98. The summed E-state index contributed by atoms with van der Waals surface area (Å²) in [6.45, 7) is 12.1. The Bertz CT molecular complexity index is 1100. The summed E-state index contributed by atoms with van der Waals surface area (Å²) in [6, 6.07) is 18.1. The number of nitrogens with one attached hydrogen (secondary N) is 1. The monoisotopic (exact) mass is 511 g/mol. The summed E-state index contributed by atoms with van der Waals surface area (Å²) in [5.74, 6) is -0.229. The Labute approximate surface area is 219 Å². The van der Waals surface area contributed by atoms with E-state index >= 15 is 0 Å². The molecule has 2 fully saturated rings. The normalized spacial score (nSPS) is 28.8. The standard InChI is InChI=1S/C29H35Cl2N3O/c1-19(34-14-6-9-24(34)17-35)27-26(20-7-5-8-23(31)15-20)29(18-32,21-10-12-22(30)13-11-21)25(33-27)16-28(2,3)4/h5,7-8,10-13,15,24-27,33,35H,1,6,9,14,16-17H2,2-4H3. The number of aliphatic hydroxyl groups excluding tert-OH is 1. The number of nitriles is 1. The average Bonchev–Trinajstić information content (AvgIpc) is 3.41. The van der Waals surface area contributed by atoms with E-state index in [4.69, 9.17) is 23.2 Å². The minimum atomic E-state index is -0.870. The maximum atomic E-state index is 11.0. The van der Waals surface area contributed by atoms with E-state index in [9.17, 15) is 10.4 Å². The molecule has 0 radical (unpaired) electrons. The second-order valence-electron chi connectivity index (χ2n) is 11.1. The molecule has 35 heavy (non-hydrogen) atoms. The lowest BCUT2D eigenvalue weighted by atomic mass is 9.62. The van der Waals surface area contributed by atoms with Crippen LogP contribution in [0.3, 0.4) is 0 Å². The molecule has 0 amide bonds. The van der Waals surface area contributed by atoms with Gasteiger partial charge in [-0.1, -0.05) is 74.8 Å². The van der Waals surface area contributed by atoms with E-state index in [0.717, 1.165) is 42.6 Å². The molecule has 0 spiro atoms. The van der Waals surface area contributed by atoms with Crippen molar-refractivity contribution in [1.29, 1.82) is 5.26 Å². The second kappa shape index (κ2) is 10.1. The van der Waals surface area contributed by atoms with E-state index in [1.165, 1.54) is 0 Å². The van der Waals surface area contributed by atoms with Crippen LogP contribution in [0.5, 0.6) is 0 Å². The molecule has 0 aromatic heterocycles. The lowest BCUT2D eigenvalue weighted by molar-refractivity contribution is 0.177. The number of halogens is 2. The van der Waals surface area contributed by atoms with Crippen molar-refractivity contribution in [2.75, 3.05) is 13.2 Å². The number of nitrogens with zero attached hydrogens (tertiary/aromatic N) is 2. The van der Waals surface area contributed by atoms with E-state index in [1.54, 1.807) is 0 Å². The number of benzene rings is 2. The SMILES string of the molecule is C=C(C1NC(CC(C)(C)C)C(C#N)(c2ccc(Cl)cc2)C1c1cccc(Cl)c1)N1CCCC1CO. The topological polar surface area (TPSA) is 59.3 Å². The van der Waals surface area contributed by atoms with Crippen LogP contribution in [0.15, 0.2) is 60.8 Å². The molecule has 4 nitrogen and oxygen atoms in total. The smallest absolute Gasteiger partial charge is 0.106 e. The van der Waals surface area contributed by atoms with Crippen LogP contribution < -0.4 is 5.32 Å². The van der Waals surface area contributed by atoms with E-state index in [2.05, 4.69) is 49.7 Å². The number of hydrogen-bond donors (Lipinski definition) is 2. The van der Waals surface area contributed by atoms with Gasteiger partial charge in [0, 0.05) is 34.2 Å². The van der Waals surface area contributed by atoms with Crippen LogP contribution >= 0.6 is 23.2 Å². The Morgan fingerprint density at radius 3 is 2.51 bits per heavy atom. The third-order valence-corrected chi connectivity index (χ3v) is 8.09. The maximum Gasteiger partial charge on any atom is 0.106 e. The Kier molecular flexibility index (Phi) is 7.55. The fourth-order valence-electron chi connectivity index (χ4n) is 6.10. The lowest BCUT2D eigenvalue weighted by Gasteiger charge is -2.38. The molecule has 2 aromatic rings. The molecule has 0 saturated carbocycles. The summed E-state index contributed by atoms with van der Waals surface area (Å²) in [4.78, 5) is 2.23. The van der Waals surface area contributed by atoms with Gasteiger partial charge in [-0.25, -0.2) is 0 Å². The largest absolute Gasteiger partial charge is 0.394 e. The van der Waals surface area contributed by atoms with Crippen LogP contribution in [0.25, 0.3) is 0 Å². The maximum absolute atomic E-state index is 11.0. The van der Waals surface area contributed by atoms with Gasteiger partial charge in [-0.2, -0.15) is 5.26 Å². The van der Waals surface area contributed by atoms with Gasteiger partial charge in [-0.3, -0.25) is 0 Å². The van der Waals surface area contributed by atoms with Crippen LogP contribution in [-0.4, -0.2) is 41.3 Å². The second-order valence-corrected chi connectivity index (χ2v) is 12.0. The summed E-state index contributed by atoms with van der Waals surface area (Å²) >= 11 is 12.7. The van der Waals surface area contributed by atoms with Crippen LogP contribution in [0.4, 0.5) is 0 Å². The number of likely N-dealkylation sites (tertiary alicyclic amines) is 1. The fraction of sp³-hybridized carbons (Fsp3) is 0.483. The highest BCUT2D eigenvalue weighted by Gasteiger charge is 2.59. The zero-order valence-electron chi connectivity index (χ0n) is 20.8. The van der Waals surface area contributed by atoms with Crippen molar-refractivity contribution >= 4 is 23.2 Å². The van der Waals surface area contributed by atoms with E-state index < -0.39 is 5.41 Å². The summed E-state index contributed by atoms with van der Waals surface area (Å²) in [5, 5.41) is 26.2. The zero-order valence-corrected chi connectivity index (χ0v) is 22.3. The Balaban J connectivity index is 1.92. The Morgan fingerprint density at radius 2 is 1.91 bits per heavy atom. The molecule has 2 aliphatic heterocycles. The first-order valence-electron chi connectivity index (χ1n) is 12.4. The third-order valence-electron chi connectivity index (χ3n) is 7.60. The average molecular weight is 513 g/mol. The predicted molar refractivity (Wildman–Crippen MR) is 144 cm³/mol. The summed E-state index contributed by atoms with van der Waals surface area (Å²) in [5.41, 5.74) is 1.99. The molecular formula is C29H35Cl2N3O. The minimum absolute atomic E-state index is 0.0113. The Morgan fingerprint density at radius 1 is 1.20 bits per heavy atom. The first-order valence-corrected chi connectivity index (χ1v) is 13.1. The summed E-state index contributed by atoms with van der Waals surface area (Å²) in [6.07, 6.45) is 2.76. The van der Waals surface area contributed by atoms with E-state index in [-0.39, 0.29) is 36.1 Å². The first kappa shape index (κ1) is 26.0. The molecule has 5 unspecified atom stereocenters. The van der Waals surface area contributed by atoms with Gasteiger partial charge in [0.05, 0.1) is 24.8 Å². The predicted octanol–water partition coefficient (Wildman–Crippen LogP) is 6.29. The van der Waals surface area contributed by atoms with Crippen LogP contribution in [0.1, 0.15) is 57.1 Å². The molecule has 186 valence electrons. The van der Waals surface area contributed by atoms with Crippen molar-refractivity contribution in [2.24, 2.45) is 5.41 Å². The molecule has 2 aromatic carbocycles. The Hall–Kier alpha value is -2.03. The van der Waals surface area contributed by atoms with Gasteiger partial charge < -0.3 is 15.3 Å². The van der Waals surface area contributed by atoms with Gasteiger partial charge in [-0.15, -0.1) is 0 Å². The van der Waals surface area contributed by atoms with Crippen molar-refractivity contribution in [1.82, 2.24) is 10.2 Å². The van der Waals surface area contributed by atoms with Crippen LogP contribution in [-0.2, 0) is 5.41 Å². The molecule has 2 aliphatic rings. The molecule has 2 N–H and O–H groups in total. The van der Waals surface area contributed by atoms with Crippen molar-refractivity contribution < 1.29 is 5.11 Å². The van der Waals surface area contributed by atoms with Gasteiger partial charge in [0.15, 0.2) is 0 Å². The van der Waals surface area contributed by atoms with Crippen LogP contribution in [0.2, 0.25) is 10.0 Å².